The van der Waals surface area contributed by atoms with Crippen LogP contribution in [0.3, 0.4) is 0 Å². The van der Waals surface area contributed by atoms with E-state index >= 15 is 0 Å². The van der Waals surface area contributed by atoms with Gasteiger partial charge in [0.1, 0.15) is 6.04 Å². The number of hydrogen-bond donors (Lipinski definition) is 1. The van der Waals surface area contributed by atoms with Crippen LogP contribution < -0.4 is 5.32 Å². The van der Waals surface area contributed by atoms with Crippen molar-refractivity contribution in [3.63, 3.8) is 0 Å². The Bertz CT molecular complexity index is 979. The molecule has 0 unspecified atom stereocenters. The molecular weight excluding hydrogens is 410 g/mol. The number of benzene rings is 2. The van der Waals surface area contributed by atoms with Gasteiger partial charge in [-0.3, -0.25) is 14.6 Å². The van der Waals surface area contributed by atoms with Gasteiger partial charge in [-0.2, -0.15) is 0 Å². The average molecular weight is 436 g/mol. The van der Waals surface area contributed by atoms with Gasteiger partial charge >= 0.3 is 0 Å². The molecule has 6 heteroatoms. The molecule has 1 aromatic heterocycles. The van der Waals surface area contributed by atoms with Crippen molar-refractivity contribution in [2.75, 3.05) is 0 Å². The monoisotopic (exact) mass is 435 g/mol. The first-order valence-electron chi connectivity index (χ1n) is 10.3. The van der Waals surface area contributed by atoms with Crippen molar-refractivity contribution in [1.82, 2.24) is 15.2 Å². The minimum atomic E-state index is -0.644. The van der Waals surface area contributed by atoms with Crippen LogP contribution in [0.15, 0.2) is 79.0 Å². The molecule has 2 aromatic carbocycles. The van der Waals surface area contributed by atoms with Crippen LogP contribution >= 0.6 is 11.6 Å². The molecule has 0 aliphatic carbocycles. The molecule has 1 atom stereocenters. The summed E-state index contributed by atoms with van der Waals surface area (Å²) in [7, 11) is 0. The number of aromatic nitrogens is 1. The van der Waals surface area contributed by atoms with Crippen molar-refractivity contribution in [3.05, 3.63) is 101 Å². The Morgan fingerprint density at radius 3 is 2.32 bits per heavy atom. The molecule has 0 bridgehead atoms. The number of hydrogen-bond acceptors (Lipinski definition) is 3. The van der Waals surface area contributed by atoms with E-state index in [4.69, 9.17) is 11.6 Å². The number of halogens is 1. The van der Waals surface area contributed by atoms with Gasteiger partial charge in [-0.1, -0.05) is 67.1 Å². The Morgan fingerprint density at radius 2 is 1.68 bits per heavy atom. The van der Waals surface area contributed by atoms with E-state index in [1.54, 1.807) is 23.2 Å². The van der Waals surface area contributed by atoms with Crippen molar-refractivity contribution in [1.29, 1.82) is 0 Å². The van der Waals surface area contributed by atoms with Crippen LogP contribution in [0.25, 0.3) is 0 Å². The standard InChI is InChI=1S/C25H26ClN3O2/c1-2-24(30)29(18-20-11-13-21(26)14-12-20)23(16-19-8-4-3-5-9-19)25(31)28-17-22-10-6-7-15-27-22/h3-15,23H,2,16-18H2,1H3,(H,28,31)/t23-/m1/s1. The van der Waals surface area contributed by atoms with Gasteiger partial charge in [-0.25, -0.2) is 0 Å². The van der Waals surface area contributed by atoms with E-state index in [0.717, 1.165) is 16.8 Å². The van der Waals surface area contributed by atoms with Crippen molar-refractivity contribution >= 4 is 23.4 Å². The van der Waals surface area contributed by atoms with Gasteiger partial charge in [0.25, 0.3) is 0 Å². The Hall–Kier alpha value is -3.18. The van der Waals surface area contributed by atoms with Gasteiger partial charge in [-0.15, -0.1) is 0 Å². The highest BCUT2D eigenvalue weighted by atomic mass is 35.5. The molecule has 0 aliphatic heterocycles. The molecule has 3 aromatic rings. The van der Waals surface area contributed by atoms with E-state index in [-0.39, 0.29) is 11.8 Å². The zero-order chi connectivity index (χ0) is 22.1. The third kappa shape index (κ3) is 6.66. The minimum absolute atomic E-state index is 0.0798. The minimum Gasteiger partial charge on any atom is -0.349 e. The molecule has 3 rings (SSSR count). The fourth-order valence-corrected chi connectivity index (χ4v) is 3.47. The van der Waals surface area contributed by atoms with E-state index in [9.17, 15) is 9.59 Å². The number of nitrogens with one attached hydrogen (secondary N) is 1. The van der Waals surface area contributed by atoms with Gasteiger partial charge in [0, 0.05) is 30.6 Å². The van der Waals surface area contributed by atoms with Crippen LogP contribution in [0.2, 0.25) is 5.02 Å². The molecular formula is C25H26ClN3O2. The Balaban J connectivity index is 1.85. The summed E-state index contributed by atoms with van der Waals surface area (Å²) < 4.78 is 0. The lowest BCUT2D eigenvalue weighted by Crippen LogP contribution is -2.50. The summed E-state index contributed by atoms with van der Waals surface area (Å²) in [6.07, 6.45) is 2.43. The van der Waals surface area contributed by atoms with E-state index in [2.05, 4.69) is 10.3 Å². The van der Waals surface area contributed by atoms with Crippen molar-refractivity contribution < 1.29 is 9.59 Å². The summed E-state index contributed by atoms with van der Waals surface area (Å²) in [6, 6.07) is 22.0. The van der Waals surface area contributed by atoms with Crippen LogP contribution in [0.5, 0.6) is 0 Å². The fraction of sp³-hybridized carbons (Fsp3) is 0.240. The third-order valence-corrected chi connectivity index (χ3v) is 5.26. The molecule has 5 nitrogen and oxygen atoms in total. The number of amides is 2. The highest BCUT2D eigenvalue weighted by Gasteiger charge is 2.29. The van der Waals surface area contributed by atoms with Gasteiger partial charge < -0.3 is 10.2 Å². The second kappa shape index (κ2) is 11.3. The normalized spacial score (nSPS) is 11.5. The van der Waals surface area contributed by atoms with Crippen LogP contribution in [0, 0.1) is 0 Å². The molecule has 160 valence electrons. The van der Waals surface area contributed by atoms with Crippen LogP contribution in [0.1, 0.15) is 30.2 Å². The van der Waals surface area contributed by atoms with Gasteiger partial charge in [-0.05, 0) is 35.4 Å². The molecule has 2 amide bonds. The van der Waals surface area contributed by atoms with Crippen molar-refractivity contribution in [3.8, 4) is 0 Å². The molecule has 0 radical (unpaired) electrons. The lowest BCUT2D eigenvalue weighted by Gasteiger charge is -2.31. The van der Waals surface area contributed by atoms with Crippen LogP contribution in [0.4, 0.5) is 0 Å². The van der Waals surface area contributed by atoms with Crippen LogP contribution in [-0.4, -0.2) is 27.7 Å². The van der Waals surface area contributed by atoms with E-state index < -0.39 is 6.04 Å². The Kier molecular flexibility index (Phi) is 8.19. The second-order valence-corrected chi connectivity index (χ2v) is 7.68. The molecule has 0 spiro atoms. The maximum atomic E-state index is 13.3. The first-order chi connectivity index (χ1) is 15.1. The lowest BCUT2D eigenvalue weighted by atomic mass is 10.0. The van der Waals surface area contributed by atoms with E-state index in [1.165, 1.54) is 0 Å². The topological polar surface area (TPSA) is 62.3 Å². The number of carbonyl (C=O) groups excluding carboxylic acids is 2. The highest BCUT2D eigenvalue weighted by molar-refractivity contribution is 6.30. The molecule has 0 fully saturated rings. The molecule has 0 saturated heterocycles. The zero-order valence-electron chi connectivity index (χ0n) is 17.5. The van der Waals surface area contributed by atoms with Crippen molar-refractivity contribution in [2.24, 2.45) is 0 Å². The quantitative estimate of drug-likeness (QED) is 0.541. The smallest absolute Gasteiger partial charge is 0.243 e. The number of pyridine rings is 1. The summed E-state index contributed by atoms with van der Waals surface area (Å²) in [4.78, 5) is 32.1. The predicted octanol–water partition coefficient (Wildman–Crippen LogP) is 4.40. The molecule has 1 N–H and O–H groups in total. The lowest BCUT2D eigenvalue weighted by molar-refractivity contribution is -0.141. The molecule has 1 heterocycles. The summed E-state index contributed by atoms with van der Waals surface area (Å²) in [5, 5.41) is 3.59. The molecule has 0 aliphatic rings. The van der Waals surface area contributed by atoms with Gasteiger partial charge in [0.2, 0.25) is 11.8 Å². The summed E-state index contributed by atoms with van der Waals surface area (Å²) in [5.41, 5.74) is 2.67. The Labute approximate surface area is 188 Å². The Morgan fingerprint density at radius 1 is 0.968 bits per heavy atom. The van der Waals surface area contributed by atoms with Gasteiger partial charge in [0.05, 0.1) is 12.2 Å². The summed E-state index contributed by atoms with van der Waals surface area (Å²) in [5.74, 6) is -0.283. The SMILES string of the molecule is CCC(=O)N(Cc1ccc(Cl)cc1)[C@H](Cc1ccccc1)C(=O)NCc1ccccn1. The van der Waals surface area contributed by atoms with E-state index in [0.29, 0.717) is 31.0 Å². The van der Waals surface area contributed by atoms with Gasteiger partial charge in [0.15, 0.2) is 0 Å². The number of rotatable bonds is 9. The highest BCUT2D eigenvalue weighted by Crippen LogP contribution is 2.17. The van der Waals surface area contributed by atoms with Crippen LogP contribution in [-0.2, 0) is 29.1 Å². The summed E-state index contributed by atoms with van der Waals surface area (Å²) >= 11 is 6.01. The third-order valence-electron chi connectivity index (χ3n) is 5.01. The van der Waals surface area contributed by atoms with E-state index in [1.807, 2.05) is 67.6 Å². The maximum absolute atomic E-state index is 13.3. The molecule has 31 heavy (non-hydrogen) atoms. The first kappa shape index (κ1) is 22.5. The summed E-state index contributed by atoms with van der Waals surface area (Å²) in [6.45, 7) is 2.45. The zero-order valence-corrected chi connectivity index (χ0v) is 18.3. The predicted molar refractivity (Wildman–Crippen MR) is 122 cm³/mol. The largest absolute Gasteiger partial charge is 0.349 e. The average Bonchev–Trinajstić information content (AvgIpc) is 2.82. The molecule has 0 saturated carbocycles. The fourth-order valence-electron chi connectivity index (χ4n) is 3.34. The number of nitrogens with zero attached hydrogens (tertiary/aromatic N) is 2. The number of carbonyl (C=O) groups is 2. The first-order valence-corrected chi connectivity index (χ1v) is 10.7. The maximum Gasteiger partial charge on any atom is 0.243 e. The second-order valence-electron chi connectivity index (χ2n) is 7.25. The van der Waals surface area contributed by atoms with Crippen molar-refractivity contribution in [2.45, 2.75) is 38.9 Å².